The van der Waals surface area contributed by atoms with Gasteiger partial charge in [0, 0.05) is 11.5 Å². The molecule has 0 aliphatic rings. The Hall–Kier alpha value is -3.40. The smallest absolute Gasteiger partial charge is 0.252 e. The van der Waals surface area contributed by atoms with Crippen molar-refractivity contribution in [1.29, 1.82) is 0 Å². The Morgan fingerprint density at radius 1 is 1.00 bits per heavy atom. The van der Waals surface area contributed by atoms with Crippen LogP contribution in [0.4, 0.5) is 0 Å². The van der Waals surface area contributed by atoms with E-state index in [0.717, 1.165) is 39.1 Å². The SMILES string of the molecule is C=Cc1ccc(Cn2c(=O)cc(C)c3c(C)nn(-c4ccc(C)cc4)c32)cc1. The van der Waals surface area contributed by atoms with E-state index in [0.29, 0.717) is 6.54 Å². The van der Waals surface area contributed by atoms with E-state index in [-0.39, 0.29) is 5.56 Å². The zero-order valence-corrected chi connectivity index (χ0v) is 16.4. The summed E-state index contributed by atoms with van der Waals surface area (Å²) in [7, 11) is 0. The second-order valence-corrected chi connectivity index (χ2v) is 7.23. The fourth-order valence-electron chi connectivity index (χ4n) is 3.63. The van der Waals surface area contributed by atoms with Gasteiger partial charge in [0.05, 0.1) is 17.9 Å². The Balaban J connectivity index is 1.95. The molecule has 0 radical (unpaired) electrons. The quantitative estimate of drug-likeness (QED) is 0.518. The number of hydrogen-bond acceptors (Lipinski definition) is 2. The Morgan fingerprint density at radius 3 is 2.32 bits per heavy atom. The van der Waals surface area contributed by atoms with Gasteiger partial charge in [0.15, 0.2) is 0 Å². The number of nitrogens with zero attached hydrogens (tertiary/aromatic N) is 3. The summed E-state index contributed by atoms with van der Waals surface area (Å²) < 4.78 is 3.70. The third-order valence-electron chi connectivity index (χ3n) is 5.13. The van der Waals surface area contributed by atoms with Crippen molar-refractivity contribution >= 4 is 17.1 Å². The molecule has 0 fully saturated rings. The van der Waals surface area contributed by atoms with Gasteiger partial charge in [-0.3, -0.25) is 9.36 Å². The number of benzene rings is 2. The molecule has 4 nitrogen and oxygen atoms in total. The number of hydrogen-bond donors (Lipinski definition) is 0. The lowest BCUT2D eigenvalue weighted by atomic mass is 10.1. The molecule has 4 aromatic rings. The monoisotopic (exact) mass is 369 g/mol. The molecule has 0 aliphatic carbocycles. The standard InChI is InChI=1S/C24H23N3O/c1-5-19-8-10-20(11-9-19)15-26-22(28)14-17(3)23-18(4)25-27(24(23)26)21-12-6-16(2)7-13-21/h5-14H,1,15H2,2-4H3. The van der Waals surface area contributed by atoms with Crippen molar-refractivity contribution in [1.82, 2.24) is 14.3 Å². The number of aromatic nitrogens is 3. The van der Waals surface area contributed by atoms with Crippen LogP contribution in [0.5, 0.6) is 0 Å². The van der Waals surface area contributed by atoms with Crippen molar-refractivity contribution < 1.29 is 0 Å². The largest absolute Gasteiger partial charge is 0.288 e. The minimum Gasteiger partial charge on any atom is -0.288 e. The van der Waals surface area contributed by atoms with Gasteiger partial charge >= 0.3 is 0 Å². The lowest BCUT2D eigenvalue weighted by Crippen LogP contribution is -2.22. The Bertz CT molecular complexity index is 1230. The molecule has 0 saturated heterocycles. The summed E-state index contributed by atoms with van der Waals surface area (Å²) in [5, 5.41) is 5.80. The first-order chi connectivity index (χ1) is 13.5. The predicted molar refractivity (Wildman–Crippen MR) is 115 cm³/mol. The predicted octanol–water partition coefficient (Wildman–Crippen LogP) is 4.80. The Labute approximate surface area is 164 Å². The lowest BCUT2D eigenvalue weighted by Gasteiger charge is -2.13. The fraction of sp³-hybridized carbons (Fsp3) is 0.167. The normalized spacial score (nSPS) is 11.1. The first kappa shape index (κ1) is 18.0. The zero-order valence-electron chi connectivity index (χ0n) is 16.4. The van der Waals surface area contributed by atoms with Crippen LogP contribution in [0, 0.1) is 20.8 Å². The van der Waals surface area contributed by atoms with Crippen LogP contribution in [0.3, 0.4) is 0 Å². The van der Waals surface area contributed by atoms with Gasteiger partial charge in [0.25, 0.3) is 5.56 Å². The number of pyridine rings is 1. The third kappa shape index (κ3) is 3.07. The van der Waals surface area contributed by atoms with Crippen LogP contribution in [0.1, 0.15) is 27.9 Å². The molecule has 0 spiro atoms. The fourth-order valence-corrected chi connectivity index (χ4v) is 3.63. The highest BCUT2D eigenvalue weighted by Gasteiger charge is 2.17. The summed E-state index contributed by atoms with van der Waals surface area (Å²) in [6.07, 6.45) is 1.82. The van der Waals surface area contributed by atoms with E-state index in [9.17, 15) is 4.79 Å². The third-order valence-corrected chi connectivity index (χ3v) is 5.13. The van der Waals surface area contributed by atoms with Crippen LogP contribution in [0.2, 0.25) is 0 Å². The van der Waals surface area contributed by atoms with Crippen LogP contribution in [-0.2, 0) is 6.54 Å². The molecule has 4 heteroatoms. The molecule has 2 aromatic heterocycles. The van der Waals surface area contributed by atoms with Gasteiger partial charge in [-0.05, 0) is 49.6 Å². The van der Waals surface area contributed by atoms with Crippen molar-refractivity contribution in [3.63, 3.8) is 0 Å². The van der Waals surface area contributed by atoms with Gasteiger partial charge in [-0.2, -0.15) is 5.10 Å². The van der Waals surface area contributed by atoms with Crippen molar-refractivity contribution in [2.45, 2.75) is 27.3 Å². The van der Waals surface area contributed by atoms with Gasteiger partial charge in [-0.15, -0.1) is 0 Å². The first-order valence-corrected chi connectivity index (χ1v) is 9.36. The summed E-state index contributed by atoms with van der Waals surface area (Å²) in [6, 6.07) is 18.0. The lowest BCUT2D eigenvalue weighted by molar-refractivity contribution is 0.750. The second kappa shape index (κ2) is 6.97. The van der Waals surface area contributed by atoms with Crippen LogP contribution in [-0.4, -0.2) is 14.3 Å². The summed E-state index contributed by atoms with van der Waals surface area (Å²) in [4.78, 5) is 12.9. The van der Waals surface area contributed by atoms with E-state index >= 15 is 0 Å². The minimum absolute atomic E-state index is 0.0222. The molecule has 0 amide bonds. The average Bonchev–Trinajstić information content (AvgIpc) is 3.04. The van der Waals surface area contributed by atoms with Crippen molar-refractivity contribution in [2.75, 3.05) is 0 Å². The molecule has 0 N–H and O–H groups in total. The van der Waals surface area contributed by atoms with Crippen LogP contribution >= 0.6 is 0 Å². The summed E-state index contributed by atoms with van der Waals surface area (Å²) in [5.41, 5.74) is 6.94. The van der Waals surface area contributed by atoms with Gasteiger partial charge in [0.2, 0.25) is 0 Å². The maximum Gasteiger partial charge on any atom is 0.252 e. The van der Waals surface area contributed by atoms with E-state index in [1.54, 1.807) is 6.07 Å². The maximum absolute atomic E-state index is 12.9. The molecule has 4 rings (SSSR count). The highest BCUT2D eigenvalue weighted by Crippen LogP contribution is 2.24. The molecule has 140 valence electrons. The number of fused-ring (bicyclic) bond motifs is 1. The van der Waals surface area contributed by atoms with E-state index in [4.69, 9.17) is 5.10 Å². The van der Waals surface area contributed by atoms with Crippen molar-refractivity contribution in [2.24, 2.45) is 0 Å². The Kier molecular flexibility index (Phi) is 4.47. The molecule has 0 saturated carbocycles. The summed E-state index contributed by atoms with van der Waals surface area (Å²) in [6.45, 7) is 10.3. The van der Waals surface area contributed by atoms with Gasteiger partial charge in [-0.25, -0.2) is 4.68 Å². The Morgan fingerprint density at radius 2 is 1.68 bits per heavy atom. The molecular formula is C24H23N3O. The number of aryl methyl sites for hydroxylation is 3. The molecule has 2 heterocycles. The molecule has 28 heavy (non-hydrogen) atoms. The van der Waals surface area contributed by atoms with Crippen molar-refractivity contribution in [3.05, 3.63) is 99.5 Å². The van der Waals surface area contributed by atoms with Crippen LogP contribution in [0.15, 0.2) is 66.0 Å². The highest BCUT2D eigenvalue weighted by molar-refractivity contribution is 5.83. The summed E-state index contributed by atoms with van der Waals surface area (Å²) in [5.74, 6) is 0. The van der Waals surface area contributed by atoms with Crippen LogP contribution < -0.4 is 5.56 Å². The molecule has 0 bridgehead atoms. The molecular weight excluding hydrogens is 346 g/mol. The van der Waals surface area contributed by atoms with Crippen molar-refractivity contribution in [3.8, 4) is 5.69 Å². The van der Waals surface area contributed by atoms with Gasteiger partial charge < -0.3 is 0 Å². The van der Waals surface area contributed by atoms with E-state index in [1.807, 2.05) is 65.6 Å². The van der Waals surface area contributed by atoms with Gasteiger partial charge in [0.1, 0.15) is 5.65 Å². The van der Waals surface area contributed by atoms with Crippen LogP contribution in [0.25, 0.3) is 22.8 Å². The molecule has 2 aromatic carbocycles. The highest BCUT2D eigenvalue weighted by atomic mass is 16.1. The zero-order chi connectivity index (χ0) is 19.8. The first-order valence-electron chi connectivity index (χ1n) is 9.36. The average molecular weight is 369 g/mol. The minimum atomic E-state index is -0.0222. The topological polar surface area (TPSA) is 39.8 Å². The summed E-state index contributed by atoms with van der Waals surface area (Å²) >= 11 is 0. The molecule has 0 atom stereocenters. The van der Waals surface area contributed by atoms with E-state index in [1.165, 1.54) is 5.56 Å². The number of rotatable bonds is 4. The van der Waals surface area contributed by atoms with E-state index < -0.39 is 0 Å². The second-order valence-electron chi connectivity index (χ2n) is 7.23. The van der Waals surface area contributed by atoms with E-state index in [2.05, 4.69) is 25.6 Å². The molecule has 0 aliphatic heterocycles. The molecule has 0 unspecified atom stereocenters. The van der Waals surface area contributed by atoms with Gasteiger partial charge in [-0.1, -0.05) is 54.6 Å². The maximum atomic E-state index is 12.9.